The van der Waals surface area contributed by atoms with Crippen LogP contribution in [0.3, 0.4) is 0 Å². The van der Waals surface area contributed by atoms with E-state index in [0.29, 0.717) is 18.1 Å². The highest BCUT2D eigenvalue weighted by atomic mass is 32.2. The van der Waals surface area contributed by atoms with Gasteiger partial charge in [0.05, 0.1) is 5.84 Å². The van der Waals surface area contributed by atoms with Crippen molar-refractivity contribution in [1.82, 2.24) is 10.6 Å². The summed E-state index contributed by atoms with van der Waals surface area (Å²) in [6, 6.07) is -0.427. The molecule has 90 valence electrons. The number of nitrogens with two attached hydrogens (primary N) is 1. The number of urea groups is 1. The van der Waals surface area contributed by atoms with Gasteiger partial charge in [-0.25, -0.2) is 4.79 Å². The summed E-state index contributed by atoms with van der Waals surface area (Å²) < 4.78 is 0. The molecular weight excluding hydrogens is 228 g/mol. The van der Waals surface area contributed by atoms with Crippen LogP contribution in [0.2, 0.25) is 0 Å². The molecule has 1 atom stereocenters. The largest absolute Gasteiger partial charge is 0.388 e. The van der Waals surface area contributed by atoms with Gasteiger partial charge >= 0.3 is 6.03 Å². The Bertz CT molecular complexity index is 327. The maximum Gasteiger partial charge on any atom is 0.322 e. The van der Waals surface area contributed by atoms with Crippen LogP contribution < -0.4 is 16.4 Å². The van der Waals surface area contributed by atoms with E-state index < -0.39 is 11.6 Å². The molecule has 1 rings (SSSR count). The van der Waals surface area contributed by atoms with E-state index in [0.717, 1.165) is 5.75 Å². The van der Waals surface area contributed by atoms with Gasteiger partial charge in [-0.3, -0.25) is 15.1 Å². The number of carbonyl (C=O) groups is 2. The predicted molar refractivity (Wildman–Crippen MR) is 64.6 cm³/mol. The molecule has 16 heavy (non-hydrogen) atoms. The Morgan fingerprint density at radius 2 is 2.25 bits per heavy atom. The second kappa shape index (κ2) is 5.20. The Hall–Kier alpha value is -1.24. The van der Waals surface area contributed by atoms with Crippen LogP contribution in [0.1, 0.15) is 13.8 Å². The van der Waals surface area contributed by atoms with Crippen LogP contribution in [0.25, 0.3) is 0 Å². The van der Waals surface area contributed by atoms with Crippen LogP contribution in [0, 0.1) is 0 Å². The minimum absolute atomic E-state index is 0.275. The number of nitrogens with zero attached hydrogens (tertiary/aromatic N) is 1. The van der Waals surface area contributed by atoms with E-state index in [1.807, 2.05) is 0 Å². The van der Waals surface area contributed by atoms with Crippen molar-refractivity contribution in [3.05, 3.63) is 0 Å². The Labute approximate surface area is 98.4 Å². The zero-order valence-electron chi connectivity index (χ0n) is 9.37. The highest BCUT2D eigenvalue weighted by Crippen LogP contribution is 2.16. The van der Waals surface area contributed by atoms with Gasteiger partial charge in [0.25, 0.3) is 5.91 Å². The molecule has 1 unspecified atom stereocenters. The minimum Gasteiger partial charge on any atom is -0.388 e. The zero-order chi connectivity index (χ0) is 12.2. The molecule has 4 N–H and O–H groups in total. The highest BCUT2D eigenvalue weighted by Gasteiger charge is 2.41. The van der Waals surface area contributed by atoms with Gasteiger partial charge in [0, 0.05) is 18.1 Å². The molecule has 1 fully saturated rings. The molecule has 1 heterocycles. The Kier molecular flexibility index (Phi) is 4.17. The van der Waals surface area contributed by atoms with Gasteiger partial charge in [-0.1, -0.05) is 0 Å². The van der Waals surface area contributed by atoms with Crippen LogP contribution in [0.15, 0.2) is 4.99 Å². The van der Waals surface area contributed by atoms with Gasteiger partial charge in [-0.15, -0.1) is 0 Å². The highest BCUT2D eigenvalue weighted by molar-refractivity contribution is 7.99. The maximum absolute atomic E-state index is 11.4. The Morgan fingerprint density at radius 3 is 2.75 bits per heavy atom. The quantitative estimate of drug-likeness (QED) is 0.267. The van der Waals surface area contributed by atoms with Gasteiger partial charge in [-0.05, 0) is 13.8 Å². The fourth-order valence-electron chi connectivity index (χ4n) is 1.24. The molecule has 0 saturated carbocycles. The van der Waals surface area contributed by atoms with Crippen LogP contribution in [-0.2, 0) is 4.79 Å². The van der Waals surface area contributed by atoms with E-state index in [-0.39, 0.29) is 5.91 Å². The predicted octanol–water partition coefficient (Wildman–Crippen LogP) is -0.305. The molecule has 0 aromatic rings. The normalized spacial score (nSPS) is 25.5. The Morgan fingerprint density at radius 1 is 1.56 bits per heavy atom. The summed E-state index contributed by atoms with van der Waals surface area (Å²) in [5.41, 5.74) is 4.58. The number of amidine groups is 1. The van der Waals surface area contributed by atoms with Gasteiger partial charge in [0.1, 0.15) is 5.54 Å². The lowest BCUT2D eigenvalue weighted by Gasteiger charge is -2.19. The summed E-state index contributed by atoms with van der Waals surface area (Å²) in [5, 5.41) is 4.82. The van der Waals surface area contributed by atoms with Crippen molar-refractivity contribution in [3.63, 3.8) is 0 Å². The summed E-state index contributed by atoms with van der Waals surface area (Å²) in [6.07, 6.45) is 0. The average molecular weight is 244 g/mol. The van der Waals surface area contributed by atoms with E-state index in [9.17, 15) is 9.59 Å². The molecule has 1 aliphatic heterocycles. The van der Waals surface area contributed by atoms with E-state index in [1.54, 1.807) is 25.6 Å². The number of imide groups is 1. The lowest BCUT2D eigenvalue weighted by Crippen LogP contribution is -2.46. The number of aliphatic imine (C=N–C) groups is 1. The SMILES string of the molecule is CC(N)=NCCSCC1(C)NC(=O)NC1=O. The third-order valence-electron chi connectivity index (χ3n) is 2.11. The van der Waals surface area contributed by atoms with E-state index in [2.05, 4.69) is 15.6 Å². The van der Waals surface area contributed by atoms with Crippen LogP contribution in [0.5, 0.6) is 0 Å². The first-order valence-electron chi connectivity index (χ1n) is 4.92. The van der Waals surface area contributed by atoms with Gasteiger partial charge in [-0.2, -0.15) is 11.8 Å². The molecule has 3 amide bonds. The third-order valence-corrected chi connectivity index (χ3v) is 3.36. The molecule has 0 bridgehead atoms. The average Bonchev–Trinajstić information content (AvgIpc) is 2.39. The number of rotatable bonds is 5. The van der Waals surface area contributed by atoms with Gasteiger partial charge in [0.15, 0.2) is 0 Å². The summed E-state index contributed by atoms with van der Waals surface area (Å²) in [4.78, 5) is 26.4. The molecule has 0 aliphatic carbocycles. The van der Waals surface area contributed by atoms with Crippen molar-refractivity contribution in [2.45, 2.75) is 19.4 Å². The lowest BCUT2D eigenvalue weighted by molar-refractivity contribution is -0.122. The minimum atomic E-state index is -0.802. The molecule has 6 nitrogen and oxygen atoms in total. The molecule has 0 spiro atoms. The number of thioether (sulfide) groups is 1. The fraction of sp³-hybridized carbons (Fsp3) is 0.667. The van der Waals surface area contributed by atoms with Crippen molar-refractivity contribution >= 4 is 29.5 Å². The third kappa shape index (κ3) is 3.41. The monoisotopic (exact) mass is 244 g/mol. The molecule has 1 aliphatic rings. The maximum atomic E-state index is 11.4. The summed E-state index contributed by atoms with van der Waals surface area (Å²) >= 11 is 1.56. The lowest BCUT2D eigenvalue weighted by atomic mass is 10.1. The first-order valence-corrected chi connectivity index (χ1v) is 6.07. The number of hydrogen-bond donors (Lipinski definition) is 3. The van der Waals surface area contributed by atoms with Crippen molar-refractivity contribution < 1.29 is 9.59 Å². The fourth-order valence-corrected chi connectivity index (χ4v) is 2.22. The summed E-state index contributed by atoms with van der Waals surface area (Å²) in [7, 11) is 0. The van der Waals surface area contributed by atoms with E-state index in [1.165, 1.54) is 0 Å². The molecule has 7 heteroatoms. The van der Waals surface area contributed by atoms with Crippen LogP contribution in [0.4, 0.5) is 4.79 Å². The first kappa shape index (κ1) is 12.8. The van der Waals surface area contributed by atoms with E-state index >= 15 is 0 Å². The van der Waals surface area contributed by atoms with Crippen LogP contribution in [-0.4, -0.2) is 41.4 Å². The van der Waals surface area contributed by atoms with Crippen molar-refractivity contribution in [1.29, 1.82) is 0 Å². The number of amides is 3. The number of hydrogen-bond acceptors (Lipinski definition) is 4. The smallest absolute Gasteiger partial charge is 0.322 e. The summed E-state index contributed by atoms with van der Waals surface area (Å²) in [5.74, 6) is 1.58. The number of nitrogens with one attached hydrogen (secondary N) is 2. The molecular formula is C9H16N4O2S. The van der Waals surface area contributed by atoms with E-state index in [4.69, 9.17) is 5.73 Å². The molecule has 0 radical (unpaired) electrons. The molecule has 0 aromatic heterocycles. The first-order chi connectivity index (χ1) is 7.44. The van der Waals surface area contributed by atoms with Crippen molar-refractivity contribution in [2.75, 3.05) is 18.1 Å². The second-order valence-electron chi connectivity index (χ2n) is 3.82. The Balaban J connectivity index is 2.30. The zero-order valence-corrected chi connectivity index (χ0v) is 10.2. The second-order valence-corrected chi connectivity index (χ2v) is 4.92. The van der Waals surface area contributed by atoms with Gasteiger partial charge < -0.3 is 11.1 Å². The van der Waals surface area contributed by atoms with Gasteiger partial charge in [0.2, 0.25) is 0 Å². The van der Waals surface area contributed by atoms with Crippen molar-refractivity contribution in [2.24, 2.45) is 10.7 Å². The summed E-state index contributed by atoms with van der Waals surface area (Å²) in [6.45, 7) is 4.06. The van der Waals surface area contributed by atoms with Crippen molar-refractivity contribution in [3.8, 4) is 0 Å². The number of carbonyl (C=O) groups excluding carboxylic acids is 2. The van der Waals surface area contributed by atoms with Crippen LogP contribution >= 0.6 is 11.8 Å². The standard InChI is InChI=1S/C9H16N4O2S/c1-6(10)11-3-4-16-5-9(2)7(14)12-8(15)13-9/h3-5H2,1-2H3,(H2,10,11)(H2,12,13,14,15). The molecule has 1 saturated heterocycles. The molecule has 0 aromatic carbocycles. The topological polar surface area (TPSA) is 96.6 Å².